The minimum Gasteiger partial charge on any atom is -0.466 e. The second-order valence-electron chi connectivity index (χ2n) is 5.91. The van der Waals surface area contributed by atoms with Gasteiger partial charge in [-0.05, 0) is 42.8 Å². The molecule has 1 amide bonds. The molecule has 0 saturated carbocycles. The molecule has 25 heavy (non-hydrogen) atoms. The Kier molecular flexibility index (Phi) is 7.10. The van der Waals surface area contributed by atoms with Crippen LogP contribution in [0.5, 0.6) is 0 Å². The van der Waals surface area contributed by atoms with Crippen LogP contribution in [0.3, 0.4) is 0 Å². The normalized spacial score (nSPS) is 11.2. The van der Waals surface area contributed by atoms with Crippen molar-refractivity contribution in [2.45, 2.75) is 26.4 Å². The summed E-state index contributed by atoms with van der Waals surface area (Å²) >= 11 is 3.23. The van der Waals surface area contributed by atoms with E-state index < -0.39 is 22.6 Å². The Morgan fingerprint density at radius 2 is 2.04 bits per heavy atom. The number of ether oxygens (including phenoxy) is 2. The molecule has 0 unspecified atom stereocenters. The van der Waals surface area contributed by atoms with Gasteiger partial charge in [0, 0.05) is 29.2 Å². The number of benzene rings is 1. The number of nitro benzene ring substituents is 1. The van der Waals surface area contributed by atoms with Gasteiger partial charge in [0.05, 0.1) is 17.7 Å². The quantitative estimate of drug-likeness (QED) is 0.311. The molecular weight excluding hydrogens is 400 g/mol. The third-order valence-electron chi connectivity index (χ3n) is 2.79. The number of amides is 1. The van der Waals surface area contributed by atoms with Crippen molar-refractivity contribution >= 4 is 39.4 Å². The van der Waals surface area contributed by atoms with Crippen LogP contribution in [0.4, 0.5) is 16.2 Å². The van der Waals surface area contributed by atoms with Crippen molar-refractivity contribution in [1.82, 2.24) is 0 Å². The van der Waals surface area contributed by atoms with E-state index in [2.05, 4.69) is 20.7 Å². The number of halogens is 1. The molecule has 0 aliphatic heterocycles. The van der Waals surface area contributed by atoms with Gasteiger partial charge in [0.25, 0.3) is 5.69 Å². The minimum atomic E-state index is -0.728. The zero-order chi connectivity index (χ0) is 19.2. The van der Waals surface area contributed by atoms with Gasteiger partial charge in [0.1, 0.15) is 5.60 Å². The van der Waals surface area contributed by atoms with Crippen molar-refractivity contribution < 1.29 is 24.0 Å². The molecule has 0 radical (unpaired) electrons. The lowest BCUT2D eigenvalue weighted by Crippen LogP contribution is -2.37. The van der Waals surface area contributed by atoms with Crippen LogP contribution in [0, 0.1) is 10.1 Å². The van der Waals surface area contributed by atoms with Crippen LogP contribution in [0.25, 0.3) is 0 Å². The molecule has 1 aromatic rings. The van der Waals surface area contributed by atoms with E-state index >= 15 is 0 Å². The van der Waals surface area contributed by atoms with Gasteiger partial charge >= 0.3 is 12.1 Å². The van der Waals surface area contributed by atoms with Gasteiger partial charge in [0.15, 0.2) is 0 Å². The van der Waals surface area contributed by atoms with E-state index in [0.717, 1.165) is 0 Å². The molecule has 1 rings (SSSR count). The maximum atomic E-state index is 12.5. The van der Waals surface area contributed by atoms with Crippen molar-refractivity contribution in [2.75, 3.05) is 18.6 Å². The van der Waals surface area contributed by atoms with E-state index in [0.29, 0.717) is 10.2 Å². The molecule has 0 N–H and O–H groups in total. The molecule has 136 valence electrons. The van der Waals surface area contributed by atoms with E-state index in [9.17, 15) is 19.7 Å². The third-order valence-corrected chi connectivity index (χ3v) is 3.43. The lowest BCUT2D eigenvalue weighted by molar-refractivity contribution is -0.384. The Hall–Kier alpha value is -2.42. The van der Waals surface area contributed by atoms with Crippen LogP contribution in [0.15, 0.2) is 34.8 Å². The topological polar surface area (TPSA) is 99.0 Å². The molecule has 0 saturated heterocycles. The Balaban J connectivity index is 3.17. The number of rotatable bonds is 5. The van der Waals surface area contributed by atoms with Gasteiger partial charge < -0.3 is 9.47 Å². The molecule has 0 aromatic heterocycles. The number of anilines is 1. The molecule has 0 spiro atoms. The van der Waals surface area contributed by atoms with Gasteiger partial charge in [-0.15, -0.1) is 0 Å². The molecule has 0 heterocycles. The first kappa shape index (κ1) is 20.6. The van der Waals surface area contributed by atoms with Gasteiger partial charge in [0.2, 0.25) is 0 Å². The third kappa shape index (κ3) is 6.54. The van der Waals surface area contributed by atoms with Crippen LogP contribution >= 0.6 is 15.9 Å². The number of methoxy groups -OCH3 is 1. The summed E-state index contributed by atoms with van der Waals surface area (Å²) in [4.78, 5) is 35.2. The summed E-state index contributed by atoms with van der Waals surface area (Å²) in [6, 6.07) is 4.00. The van der Waals surface area contributed by atoms with Crippen molar-refractivity contribution in [3.8, 4) is 0 Å². The monoisotopic (exact) mass is 418 g/mol. The van der Waals surface area contributed by atoms with Crippen LogP contribution < -0.4 is 4.90 Å². The summed E-state index contributed by atoms with van der Waals surface area (Å²) in [6.45, 7) is 5.18. The predicted octanol–water partition coefficient (Wildman–Crippen LogP) is 3.83. The second kappa shape index (κ2) is 8.61. The lowest BCUT2D eigenvalue weighted by atomic mass is 10.2. The number of nitro groups is 1. The smallest absolute Gasteiger partial charge is 0.415 e. The van der Waals surface area contributed by atoms with E-state index in [1.807, 2.05) is 0 Å². The minimum absolute atomic E-state index is 0.0143. The van der Waals surface area contributed by atoms with Crippen LogP contribution in [0.1, 0.15) is 20.8 Å². The highest BCUT2D eigenvalue weighted by Gasteiger charge is 2.25. The summed E-state index contributed by atoms with van der Waals surface area (Å²) in [5.74, 6) is -0.563. The highest BCUT2D eigenvalue weighted by molar-refractivity contribution is 9.10. The highest BCUT2D eigenvalue weighted by atomic mass is 79.9. The molecule has 0 fully saturated rings. The number of hydrogen-bond acceptors (Lipinski definition) is 6. The van der Waals surface area contributed by atoms with Crippen molar-refractivity contribution in [1.29, 1.82) is 0 Å². The highest BCUT2D eigenvalue weighted by Crippen LogP contribution is 2.31. The fourth-order valence-electron chi connectivity index (χ4n) is 1.74. The second-order valence-corrected chi connectivity index (χ2v) is 6.76. The van der Waals surface area contributed by atoms with E-state index in [-0.39, 0.29) is 12.2 Å². The summed E-state index contributed by atoms with van der Waals surface area (Å²) in [6.07, 6.45) is 1.96. The molecule has 0 aliphatic rings. The Morgan fingerprint density at radius 1 is 1.40 bits per heavy atom. The largest absolute Gasteiger partial charge is 0.466 e. The SMILES string of the molecule is COC(=O)/C=[14CH]/[14CH2]N(C(=O)OC(C)(C)C)c1ccc([N+](=O)[O-])cc1Br. The van der Waals surface area contributed by atoms with Gasteiger partial charge in [-0.1, -0.05) is 6.08 Å². The molecule has 8 nitrogen and oxygen atoms in total. The Labute approximate surface area is 153 Å². The Bertz CT molecular complexity index is 696. The predicted molar refractivity (Wildman–Crippen MR) is 95.5 cm³/mol. The molecule has 0 atom stereocenters. The number of nitrogens with zero attached hydrogens (tertiary/aromatic N) is 2. The maximum absolute atomic E-state index is 12.5. The fraction of sp³-hybridized carbons (Fsp3) is 0.375. The van der Waals surface area contributed by atoms with Gasteiger partial charge in [-0.2, -0.15) is 0 Å². The number of non-ortho nitro benzene ring substituents is 1. The molecule has 0 aliphatic carbocycles. The van der Waals surface area contributed by atoms with Crippen LogP contribution in [-0.4, -0.2) is 36.2 Å². The summed E-state index contributed by atoms with van der Waals surface area (Å²) in [5, 5.41) is 10.9. The first-order valence-corrected chi connectivity index (χ1v) is 8.03. The standard InChI is InChI=1S/C16H19BrN2O6/c1-16(2,3)25-15(21)18(9-5-6-14(20)24-4)13-8-7-11(19(22)23)10-12(13)17/h5-8,10H,9H2,1-4H3/b6-5+/i5+2,9+2. The average molecular weight is 419 g/mol. The summed E-state index contributed by atoms with van der Waals surface area (Å²) in [7, 11) is 1.24. The van der Waals surface area contributed by atoms with Crippen molar-refractivity contribution in [3.63, 3.8) is 0 Å². The van der Waals surface area contributed by atoms with Crippen molar-refractivity contribution in [2.24, 2.45) is 0 Å². The first-order chi connectivity index (χ1) is 11.5. The number of carbonyl (C=O) groups is 2. The number of hydrogen-bond donors (Lipinski definition) is 0. The van der Waals surface area contributed by atoms with E-state index in [1.54, 1.807) is 20.8 Å². The summed E-state index contributed by atoms with van der Waals surface area (Å²) < 4.78 is 10.2. The first-order valence-electron chi connectivity index (χ1n) is 7.24. The zero-order valence-corrected chi connectivity index (χ0v) is 15.9. The molecular formula is C16H19BrN2O6. The molecule has 9 heteroatoms. The average Bonchev–Trinajstić information content (AvgIpc) is 2.49. The van der Waals surface area contributed by atoms with Gasteiger partial charge in [-0.25, -0.2) is 9.59 Å². The van der Waals surface area contributed by atoms with Crippen molar-refractivity contribution in [3.05, 3.63) is 44.9 Å². The summed E-state index contributed by atoms with van der Waals surface area (Å²) in [5.41, 5.74) is -0.478. The van der Waals surface area contributed by atoms with Crippen LogP contribution in [-0.2, 0) is 14.3 Å². The zero-order valence-electron chi connectivity index (χ0n) is 14.3. The fourth-order valence-corrected chi connectivity index (χ4v) is 2.32. The lowest BCUT2D eigenvalue weighted by Gasteiger charge is -2.27. The maximum Gasteiger partial charge on any atom is 0.415 e. The number of carbonyl (C=O) groups excluding carboxylic acids is 2. The van der Waals surface area contributed by atoms with Gasteiger partial charge in [-0.3, -0.25) is 15.0 Å². The van der Waals surface area contributed by atoms with E-state index in [4.69, 9.17) is 4.74 Å². The number of esters is 1. The van der Waals surface area contributed by atoms with E-state index in [1.165, 1.54) is 42.4 Å². The molecule has 1 aromatic carbocycles. The van der Waals surface area contributed by atoms with Crippen LogP contribution in [0.2, 0.25) is 0 Å². The Morgan fingerprint density at radius 3 is 2.52 bits per heavy atom. The molecule has 0 bridgehead atoms.